The van der Waals surface area contributed by atoms with E-state index in [1.165, 1.54) is 21.3 Å². The lowest BCUT2D eigenvalue weighted by atomic mass is 10.0. The van der Waals surface area contributed by atoms with Crippen LogP contribution in [0.4, 0.5) is 8.78 Å². The van der Waals surface area contributed by atoms with E-state index in [4.69, 9.17) is 27.9 Å². The van der Waals surface area contributed by atoms with Gasteiger partial charge in [0.15, 0.2) is 0 Å². The van der Waals surface area contributed by atoms with E-state index in [0.717, 1.165) is 6.07 Å². The Balaban J connectivity index is 1.53. The molecule has 13 heteroatoms. The van der Waals surface area contributed by atoms with Crippen LogP contribution in [0.2, 0.25) is 10.0 Å². The lowest BCUT2D eigenvalue weighted by Gasteiger charge is -2.16. The van der Waals surface area contributed by atoms with Crippen molar-refractivity contribution in [2.24, 2.45) is 0 Å². The van der Waals surface area contributed by atoms with Crippen LogP contribution in [-0.2, 0) is 6.54 Å². The molecule has 0 fully saturated rings. The molecule has 0 saturated carbocycles. The fourth-order valence-electron chi connectivity index (χ4n) is 4.64. The van der Waals surface area contributed by atoms with Crippen molar-refractivity contribution in [2.75, 3.05) is 6.61 Å². The molecule has 0 bridgehead atoms. The van der Waals surface area contributed by atoms with Crippen molar-refractivity contribution in [3.63, 3.8) is 0 Å². The zero-order chi connectivity index (χ0) is 29.6. The van der Waals surface area contributed by atoms with Gasteiger partial charge in [-0.1, -0.05) is 23.2 Å². The minimum absolute atomic E-state index is 0.0138. The quantitative estimate of drug-likeness (QED) is 0.206. The van der Waals surface area contributed by atoms with Crippen LogP contribution in [0.5, 0.6) is 5.75 Å². The van der Waals surface area contributed by atoms with E-state index in [-0.39, 0.29) is 40.5 Å². The summed E-state index contributed by atoms with van der Waals surface area (Å²) in [6.45, 7) is 3.28. The van der Waals surface area contributed by atoms with Crippen molar-refractivity contribution in [1.29, 1.82) is 5.26 Å². The number of halogens is 4. The Bertz CT molecular complexity index is 1990. The highest BCUT2D eigenvalue weighted by Gasteiger charge is 2.24. The molecule has 0 aliphatic carbocycles. The van der Waals surface area contributed by atoms with E-state index in [2.05, 4.69) is 9.97 Å². The first kappa shape index (κ1) is 28.4. The highest BCUT2D eigenvalue weighted by Crippen LogP contribution is 2.40. The molecule has 5 aromatic rings. The molecule has 0 saturated heterocycles. The summed E-state index contributed by atoms with van der Waals surface area (Å²) >= 11 is 13.5. The Morgan fingerprint density at radius 1 is 1.20 bits per heavy atom. The third-order valence-electron chi connectivity index (χ3n) is 6.44. The van der Waals surface area contributed by atoms with Crippen molar-refractivity contribution < 1.29 is 23.4 Å². The van der Waals surface area contributed by atoms with Crippen LogP contribution in [0.1, 0.15) is 39.4 Å². The maximum atomic E-state index is 13.6. The first-order valence-corrected chi connectivity index (χ1v) is 13.6. The second kappa shape index (κ2) is 11.0. The third-order valence-corrected chi connectivity index (χ3v) is 7.99. The van der Waals surface area contributed by atoms with Crippen LogP contribution < -0.4 is 10.3 Å². The number of rotatable bonds is 7. The van der Waals surface area contributed by atoms with Gasteiger partial charge in [0.2, 0.25) is 0 Å². The molecule has 3 aromatic heterocycles. The highest BCUT2D eigenvalue weighted by molar-refractivity contribution is 7.18. The molecule has 8 nitrogen and oxygen atoms in total. The summed E-state index contributed by atoms with van der Waals surface area (Å²) in [6, 6.07) is 9.63. The average Bonchev–Trinajstić information content (AvgIpc) is 3.33. The number of alkyl halides is 2. The minimum Gasteiger partial charge on any atom is -0.491 e. The van der Waals surface area contributed by atoms with Crippen LogP contribution in [-0.4, -0.2) is 32.2 Å². The first-order chi connectivity index (χ1) is 19.5. The Labute approximate surface area is 245 Å². The molecule has 2 aromatic carbocycles. The molecular weight excluding hydrogens is 597 g/mol. The number of carbonyl (C=O) groups is 1. The number of aromatic nitrogens is 3. The number of aromatic carboxylic acids is 1. The van der Waals surface area contributed by atoms with Gasteiger partial charge in [-0.15, -0.1) is 11.3 Å². The SMILES string of the molecule is Cc1cc(-c2cc(Cl)ccc2OCCn2c(C)nc3cc(Cl)c(C(F)F)c(C#N)c3c2=O)c2scc(C(=O)O)c2n1. The maximum Gasteiger partial charge on any atom is 0.338 e. The van der Waals surface area contributed by atoms with E-state index >= 15 is 0 Å². The van der Waals surface area contributed by atoms with E-state index in [1.54, 1.807) is 44.2 Å². The van der Waals surface area contributed by atoms with Gasteiger partial charge >= 0.3 is 5.97 Å². The maximum absolute atomic E-state index is 13.6. The summed E-state index contributed by atoms with van der Waals surface area (Å²) in [5.74, 6) is -0.399. The summed E-state index contributed by atoms with van der Waals surface area (Å²) in [5, 5.41) is 20.5. The van der Waals surface area contributed by atoms with E-state index in [9.17, 15) is 28.7 Å². The smallest absolute Gasteiger partial charge is 0.338 e. The standard InChI is InChI=1S/C28H18Cl2F2N4O4S/c1-12-7-16(25-24(34-12)18(11-41-25)28(38)39)15-8-14(29)3-4-21(15)40-6-5-36-13(2)35-20-9-19(30)22(26(31)32)17(10-33)23(20)27(36)37/h3-4,7-9,11,26H,5-6H2,1-2H3,(H,38,39). The summed E-state index contributed by atoms with van der Waals surface area (Å²) in [4.78, 5) is 33.8. The summed E-state index contributed by atoms with van der Waals surface area (Å²) in [6.07, 6.45) is -3.06. The van der Waals surface area contributed by atoms with Gasteiger partial charge in [-0.2, -0.15) is 5.26 Å². The molecule has 0 spiro atoms. The Morgan fingerprint density at radius 3 is 2.63 bits per heavy atom. The van der Waals surface area contributed by atoms with Crippen molar-refractivity contribution in [2.45, 2.75) is 26.8 Å². The zero-order valence-corrected chi connectivity index (χ0v) is 23.7. The first-order valence-electron chi connectivity index (χ1n) is 12.0. The zero-order valence-electron chi connectivity index (χ0n) is 21.3. The Kier molecular flexibility index (Phi) is 7.66. The molecule has 41 heavy (non-hydrogen) atoms. The second-order valence-electron chi connectivity index (χ2n) is 9.00. The molecule has 0 atom stereocenters. The molecule has 208 valence electrons. The number of benzene rings is 2. The molecular formula is C28H18Cl2F2N4O4S. The van der Waals surface area contributed by atoms with Crippen LogP contribution in [0.25, 0.3) is 32.2 Å². The molecule has 3 heterocycles. The van der Waals surface area contributed by atoms with Gasteiger partial charge in [0.05, 0.1) is 49.4 Å². The number of pyridine rings is 1. The van der Waals surface area contributed by atoms with Crippen molar-refractivity contribution in [3.8, 4) is 22.9 Å². The normalized spacial score (nSPS) is 11.4. The molecule has 1 N–H and O–H groups in total. The van der Waals surface area contributed by atoms with Crippen LogP contribution in [0.15, 0.2) is 40.5 Å². The fraction of sp³-hybridized carbons (Fsp3) is 0.179. The van der Waals surface area contributed by atoms with Crippen molar-refractivity contribution in [1.82, 2.24) is 14.5 Å². The summed E-state index contributed by atoms with van der Waals surface area (Å²) < 4.78 is 35.3. The number of carboxylic acids is 1. The number of nitrogens with zero attached hydrogens (tertiary/aromatic N) is 4. The largest absolute Gasteiger partial charge is 0.491 e. The fourth-order valence-corrected chi connectivity index (χ4v) is 6.10. The number of thiophene rings is 1. The molecule has 0 radical (unpaired) electrons. The van der Waals surface area contributed by atoms with E-state index in [1.807, 2.05) is 0 Å². The van der Waals surface area contributed by atoms with Gasteiger partial charge in [0.1, 0.15) is 24.3 Å². The van der Waals surface area contributed by atoms with Crippen LogP contribution >= 0.6 is 34.5 Å². The molecule has 0 aliphatic heterocycles. The van der Waals surface area contributed by atoms with Gasteiger partial charge in [0, 0.05) is 27.2 Å². The minimum atomic E-state index is -3.06. The number of ether oxygens (including phenoxy) is 1. The number of carboxylic acid groups (broad SMARTS) is 1. The number of nitriles is 1. The topological polar surface area (TPSA) is 118 Å². The summed E-state index contributed by atoms with van der Waals surface area (Å²) in [7, 11) is 0. The number of hydrogen-bond acceptors (Lipinski definition) is 7. The average molecular weight is 615 g/mol. The van der Waals surface area contributed by atoms with E-state index in [0.29, 0.717) is 37.8 Å². The Hall–Kier alpha value is -4.11. The predicted molar refractivity (Wildman–Crippen MR) is 153 cm³/mol. The van der Waals surface area contributed by atoms with Crippen molar-refractivity contribution >= 4 is 61.6 Å². The molecule has 0 aliphatic rings. The third kappa shape index (κ3) is 5.10. The second-order valence-corrected chi connectivity index (χ2v) is 10.7. The number of fused-ring (bicyclic) bond motifs is 2. The predicted octanol–water partition coefficient (Wildman–Crippen LogP) is 7.18. The lowest BCUT2D eigenvalue weighted by molar-refractivity contribution is 0.0699. The monoisotopic (exact) mass is 614 g/mol. The van der Waals surface area contributed by atoms with Gasteiger partial charge in [-0.3, -0.25) is 14.3 Å². The van der Waals surface area contributed by atoms with Crippen LogP contribution in [0.3, 0.4) is 0 Å². The van der Waals surface area contributed by atoms with Crippen LogP contribution in [0, 0.1) is 25.2 Å². The molecule has 0 unspecified atom stereocenters. The van der Waals surface area contributed by atoms with E-state index < -0.39 is 29.1 Å². The van der Waals surface area contributed by atoms with Gasteiger partial charge < -0.3 is 9.84 Å². The van der Waals surface area contributed by atoms with Gasteiger partial charge in [-0.25, -0.2) is 18.6 Å². The molecule has 0 amide bonds. The lowest BCUT2D eigenvalue weighted by Crippen LogP contribution is -2.27. The number of hydrogen-bond donors (Lipinski definition) is 1. The Morgan fingerprint density at radius 2 is 1.95 bits per heavy atom. The van der Waals surface area contributed by atoms with Crippen molar-refractivity contribution in [3.05, 3.63) is 84.3 Å². The van der Waals surface area contributed by atoms with Gasteiger partial charge in [0.25, 0.3) is 12.0 Å². The highest BCUT2D eigenvalue weighted by atomic mass is 35.5. The number of aryl methyl sites for hydroxylation is 2. The molecule has 5 rings (SSSR count). The van der Waals surface area contributed by atoms with Gasteiger partial charge in [-0.05, 0) is 44.2 Å². The summed E-state index contributed by atoms with van der Waals surface area (Å²) in [5.41, 5.74) is 0.461.